The minimum atomic E-state index is 0.114. The molecule has 0 radical (unpaired) electrons. The van der Waals surface area contributed by atoms with Crippen molar-refractivity contribution in [1.29, 1.82) is 0 Å². The highest BCUT2D eigenvalue weighted by atomic mass is 16.2. The van der Waals surface area contributed by atoms with Gasteiger partial charge in [-0.1, -0.05) is 0 Å². The summed E-state index contributed by atoms with van der Waals surface area (Å²) in [6, 6.07) is 0.227. The van der Waals surface area contributed by atoms with Gasteiger partial charge in [-0.3, -0.25) is 0 Å². The molecule has 2 aliphatic heterocycles. The molecule has 0 bridgehead atoms. The molecule has 0 saturated carbocycles. The average Bonchev–Trinajstić information content (AvgIpc) is 3.06. The van der Waals surface area contributed by atoms with Crippen molar-refractivity contribution < 1.29 is 9.59 Å². The van der Waals surface area contributed by atoms with E-state index in [0.29, 0.717) is 26.2 Å². The topological polar surface area (TPSA) is 99.1 Å². The minimum absolute atomic E-state index is 0.114. The van der Waals surface area contributed by atoms with Gasteiger partial charge in [0.1, 0.15) is 0 Å². The lowest BCUT2D eigenvalue weighted by Crippen LogP contribution is -2.35. The van der Waals surface area contributed by atoms with Gasteiger partial charge < -0.3 is 31.1 Å². The molecule has 4 amide bonds. The lowest BCUT2D eigenvalue weighted by atomic mass is 10.2. The molecule has 8 heteroatoms. The molecule has 2 saturated heterocycles. The molecular formula is C15H30N6O2. The second-order valence-corrected chi connectivity index (χ2v) is 6.15. The fraction of sp³-hybridized carbons (Fsp3) is 0.867. The number of amides is 4. The summed E-state index contributed by atoms with van der Waals surface area (Å²) < 4.78 is 0. The summed E-state index contributed by atoms with van der Waals surface area (Å²) in [7, 11) is 0. The number of rotatable bonds is 10. The second kappa shape index (κ2) is 8.93. The van der Waals surface area contributed by atoms with Crippen molar-refractivity contribution in [3.05, 3.63) is 0 Å². The summed E-state index contributed by atoms with van der Waals surface area (Å²) in [5.41, 5.74) is 11.0. The highest BCUT2D eigenvalue weighted by Crippen LogP contribution is 2.12. The van der Waals surface area contributed by atoms with Crippen LogP contribution in [-0.4, -0.2) is 97.1 Å². The largest absolute Gasteiger partial charge is 0.329 e. The molecule has 0 aromatic carbocycles. The molecular weight excluding hydrogens is 296 g/mol. The van der Waals surface area contributed by atoms with Gasteiger partial charge in [-0.25, -0.2) is 9.59 Å². The fourth-order valence-electron chi connectivity index (χ4n) is 3.19. The zero-order valence-corrected chi connectivity index (χ0v) is 14.0. The predicted octanol–water partition coefficient (Wildman–Crippen LogP) is -0.451. The Morgan fingerprint density at radius 1 is 0.609 bits per heavy atom. The van der Waals surface area contributed by atoms with Crippen molar-refractivity contribution in [2.24, 2.45) is 11.5 Å². The molecule has 23 heavy (non-hydrogen) atoms. The van der Waals surface area contributed by atoms with Gasteiger partial charge >= 0.3 is 12.1 Å². The summed E-state index contributed by atoms with van der Waals surface area (Å²) in [6.07, 6.45) is 2.99. The molecule has 132 valence electrons. The van der Waals surface area contributed by atoms with Gasteiger partial charge in [0.25, 0.3) is 0 Å². The quantitative estimate of drug-likeness (QED) is 0.531. The van der Waals surface area contributed by atoms with E-state index < -0.39 is 0 Å². The first-order valence-electron chi connectivity index (χ1n) is 8.65. The van der Waals surface area contributed by atoms with Gasteiger partial charge in [-0.2, -0.15) is 0 Å². The molecule has 2 aliphatic rings. The molecule has 0 aliphatic carbocycles. The summed E-state index contributed by atoms with van der Waals surface area (Å²) in [5, 5.41) is 0. The Bertz CT molecular complexity index is 369. The third kappa shape index (κ3) is 4.71. The number of carbonyl (C=O) groups is 2. The zero-order chi connectivity index (χ0) is 16.7. The van der Waals surface area contributed by atoms with Crippen LogP contribution in [0.5, 0.6) is 0 Å². The van der Waals surface area contributed by atoms with Crippen molar-refractivity contribution >= 4 is 12.1 Å². The molecule has 0 spiro atoms. The number of carbonyl (C=O) groups excluding carboxylic acids is 2. The van der Waals surface area contributed by atoms with E-state index in [2.05, 4.69) is 0 Å². The van der Waals surface area contributed by atoms with Crippen LogP contribution in [-0.2, 0) is 0 Å². The molecule has 0 unspecified atom stereocenters. The number of urea groups is 2. The van der Waals surface area contributed by atoms with E-state index in [1.165, 1.54) is 0 Å². The fourth-order valence-corrected chi connectivity index (χ4v) is 3.19. The van der Waals surface area contributed by atoms with E-state index in [4.69, 9.17) is 11.5 Å². The Kier molecular flexibility index (Phi) is 6.91. The number of hydrogen-bond acceptors (Lipinski definition) is 4. The van der Waals surface area contributed by atoms with Gasteiger partial charge in [0.05, 0.1) is 0 Å². The highest BCUT2D eigenvalue weighted by molar-refractivity contribution is 5.76. The lowest BCUT2D eigenvalue weighted by molar-refractivity contribution is 0.190. The van der Waals surface area contributed by atoms with Crippen molar-refractivity contribution in [2.75, 3.05) is 65.4 Å². The molecule has 2 heterocycles. The Hall–Kier alpha value is -1.54. The average molecular weight is 326 g/mol. The van der Waals surface area contributed by atoms with Crippen LogP contribution in [0, 0.1) is 0 Å². The van der Waals surface area contributed by atoms with Gasteiger partial charge in [0.2, 0.25) is 0 Å². The van der Waals surface area contributed by atoms with Crippen LogP contribution in [0.1, 0.15) is 19.3 Å². The van der Waals surface area contributed by atoms with E-state index in [9.17, 15) is 9.59 Å². The number of nitrogens with two attached hydrogens (primary N) is 2. The van der Waals surface area contributed by atoms with E-state index in [-0.39, 0.29) is 12.1 Å². The number of nitrogens with zero attached hydrogens (tertiary/aromatic N) is 4. The van der Waals surface area contributed by atoms with E-state index in [1.807, 2.05) is 19.6 Å². The number of unbranched alkanes of at least 4 members (excludes halogenated alkanes) is 2. The first-order valence-corrected chi connectivity index (χ1v) is 8.65. The monoisotopic (exact) mass is 326 g/mol. The van der Waals surface area contributed by atoms with E-state index in [0.717, 1.165) is 58.5 Å². The maximum absolute atomic E-state index is 12.0. The molecule has 0 aromatic heterocycles. The smallest absolute Gasteiger partial charge is 0.320 e. The van der Waals surface area contributed by atoms with Crippen molar-refractivity contribution in [3.63, 3.8) is 0 Å². The van der Waals surface area contributed by atoms with Crippen LogP contribution < -0.4 is 11.5 Å². The SMILES string of the molecule is NCCN1CCN(CCCCCN2CCN(CCN)C2=O)C1=O. The van der Waals surface area contributed by atoms with Crippen molar-refractivity contribution in [2.45, 2.75) is 19.3 Å². The van der Waals surface area contributed by atoms with Gasteiger partial charge in [0.15, 0.2) is 0 Å². The van der Waals surface area contributed by atoms with Gasteiger partial charge in [-0.05, 0) is 19.3 Å². The maximum atomic E-state index is 12.0. The van der Waals surface area contributed by atoms with E-state index >= 15 is 0 Å². The third-order valence-corrected chi connectivity index (χ3v) is 4.52. The highest BCUT2D eigenvalue weighted by Gasteiger charge is 2.28. The second-order valence-electron chi connectivity index (χ2n) is 6.15. The first-order chi connectivity index (χ1) is 11.2. The maximum Gasteiger partial charge on any atom is 0.320 e. The van der Waals surface area contributed by atoms with Crippen LogP contribution in [0.3, 0.4) is 0 Å². The summed E-state index contributed by atoms with van der Waals surface area (Å²) in [4.78, 5) is 31.5. The Morgan fingerprint density at radius 2 is 0.957 bits per heavy atom. The summed E-state index contributed by atoms with van der Waals surface area (Å²) in [5.74, 6) is 0. The van der Waals surface area contributed by atoms with Crippen LogP contribution >= 0.6 is 0 Å². The molecule has 2 rings (SSSR count). The standard InChI is InChI=1S/C15H30N6O2/c16-4-8-20-12-10-18(14(20)22)6-2-1-3-7-19-11-13-21(9-5-17)15(19)23/h1-13,16-17H2. The first kappa shape index (κ1) is 17.8. The Balaban J connectivity index is 1.56. The number of hydrogen-bond donors (Lipinski definition) is 2. The Morgan fingerprint density at radius 3 is 1.30 bits per heavy atom. The molecule has 8 nitrogen and oxygen atoms in total. The van der Waals surface area contributed by atoms with Crippen LogP contribution in [0.2, 0.25) is 0 Å². The van der Waals surface area contributed by atoms with E-state index in [1.54, 1.807) is 0 Å². The normalized spacial score (nSPS) is 18.7. The zero-order valence-electron chi connectivity index (χ0n) is 14.0. The van der Waals surface area contributed by atoms with Crippen molar-refractivity contribution in [1.82, 2.24) is 19.6 Å². The third-order valence-electron chi connectivity index (χ3n) is 4.52. The van der Waals surface area contributed by atoms with Crippen molar-refractivity contribution in [3.8, 4) is 0 Å². The lowest BCUT2D eigenvalue weighted by Gasteiger charge is -2.19. The molecule has 4 N–H and O–H groups in total. The molecule has 0 aromatic rings. The van der Waals surface area contributed by atoms with Crippen LogP contribution in [0.4, 0.5) is 9.59 Å². The predicted molar refractivity (Wildman–Crippen MR) is 89.0 cm³/mol. The molecule has 2 fully saturated rings. The Labute approximate surface area is 138 Å². The minimum Gasteiger partial charge on any atom is -0.329 e. The molecule has 0 atom stereocenters. The van der Waals surface area contributed by atoms with Crippen LogP contribution in [0.15, 0.2) is 0 Å². The van der Waals surface area contributed by atoms with Gasteiger partial charge in [-0.15, -0.1) is 0 Å². The van der Waals surface area contributed by atoms with Crippen LogP contribution in [0.25, 0.3) is 0 Å². The summed E-state index contributed by atoms with van der Waals surface area (Å²) >= 11 is 0. The van der Waals surface area contributed by atoms with Gasteiger partial charge in [0, 0.05) is 65.4 Å². The summed E-state index contributed by atoms with van der Waals surface area (Å²) in [6.45, 7) is 7.10.